The minimum atomic E-state index is -3.31. The van der Waals surface area contributed by atoms with Gasteiger partial charge in [0, 0.05) is 5.69 Å². The Bertz CT molecular complexity index is 729. The van der Waals surface area contributed by atoms with Crippen LogP contribution in [0, 0.1) is 13.0 Å². The van der Waals surface area contributed by atoms with Gasteiger partial charge in [-0.05, 0) is 31.5 Å². The smallest absolute Gasteiger partial charge is 0.313 e. The fourth-order valence-corrected chi connectivity index (χ4v) is 3.15. The number of hydrogen-bond donors (Lipinski definition) is 1. The summed E-state index contributed by atoms with van der Waals surface area (Å²) < 4.78 is 37.1. The van der Waals surface area contributed by atoms with Gasteiger partial charge in [0.15, 0.2) is 9.84 Å². The predicted octanol–water partition coefficient (Wildman–Crippen LogP) is 2.25. The minimum Gasteiger partial charge on any atom is -0.324 e. The number of halogens is 1. The van der Waals surface area contributed by atoms with Crippen LogP contribution in [0.5, 0.6) is 0 Å². The summed E-state index contributed by atoms with van der Waals surface area (Å²) in [5.41, 5.74) is 0.470. The molecule has 0 unspecified atom stereocenters. The summed E-state index contributed by atoms with van der Waals surface area (Å²) in [7, 11) is -3.31. The van der Waals surface area contributed by atoms with Crippen LogP contribution in [0.1, 0.15) is 19.2 Å². The van der Waals surface area contributed by atoms with Crippen molar-refractivity contribution in [2.45, 2.75) is 25.2 Å². The van der Waals surface area contributed by atoms with Crippen LogP contribution in [0.3, 0.4) is 0 Å². The Morgan fingerprint density at radius 3 is 2.67 bits per heavy atom. The molecule has 8 heteroatoms. The molecule has 112 valence electrons. The number of benzene rings is 1. The van der Waals surface area contributed by atoms with Crippen molar-refractivity contribution in [3.05, 3.63) is 36.2 Å². The van der Waals surface area contributed by atoms with Crippen LogP contribution >= 0.6 is 0 Å². The molecule has 0 saturated carbocycles. The van der Waals surface area contributed by atoms with E-state index in [2.05, 4.69) is 20.3 Å². The lowest BCUT2D eigenvalue weighted by Gasteiger charge is -2.08. The van der Waals surface area contributed by atoms with Gasteiger partial charge in [0.2, 0.25) is 5.95 Å². The lowest BCUT2D eigenvalue weighted by Crippen LogP contribution is -2.07. The predicted molar refractivity (Wildman–Crippen MR) is 76.6 cm³/mol. The van der Waals surface area contributed by atoms with Crippen molar-refractivity contribution in [3.63, 3.8) is 0 Å². The normalized spacial score (nSPS) is 11.4. The third kappa shape index (κ3) is 3.94. The fourth-order valence-electron chi connectivity index (χ4n) is 1.79. The maximum absolute atomic E-state index is 13.1. The third-order valence-electron chi connectivity index (χ3n) is 2.64. The van der Waals surface area contributed by atoms with Crippen molar-refractivity contribution >= 4 is 21.5 Å². The molecule has 0 atom stereocenters. The molecule has 0 aliphatic carbocycles. The molecule has 1 aromatic carbocycles. The maximum Gasteiger partial charge on any atom is 0.313 e. The molecule has 2 aromatic rings. The first-order valence-electron chi connectivity index (χ1n) is 6.39. The zero-order chi connectivity index (χ0) is 15.5. The van der Waals surface area contributed by atoms with Crippen LogP contribution in [-0.2, 0) is 9.84 Å². The molecule has 0 amide bonds. The summed E-state index contributed by atoms with van der Waals surface area (Å²) >= 11 is 0. The number of hydrogen-bond acceptors (Lipinski definition) is 6. The van der Waals surface area contributed by atoms with Crippen molar-refractivity contribution in [2.75, 3.05) is 11.1 Å². The fraction of sp³-hybridized carbons (Fsp3) is 0.308. The van der Waals surface area contributed by atoms with Crippen LogP contribution in [-0.4, -0.2) is 29.1 Å². The van der Waals surface area contributed by atoms with E-state index in [0.29, 0.717) is 12.1 Å². The van der Waals surface area contributed by atoms with Crippen LogP contribution < -0.4 is 5.32 Å². The summed E-state index contributed by atoms with van der Waals surface area (Å²) in [4.78, 5) is 11.1. The van der Waals surface area contributed by atoms with E-state index >= 15 is 0 Å². The van der Waals surface area contributed by atoms with E-state index in [9.17, 15) is 12.8 Å². The van der Waals surface area contributed by atoms with Crippen LogP contribution in [0.4, 0.5) is 16.0 Å². The molecule has 0 fully saturated rings. The second kappa shape index (κ2) is 6.13. The monoisotopic (exact) mass is 310 g/mol. The second-order valence-corrected chi connectivity index (χ2v) is 6.56. The SMILES string of the molecule is CCCS(=O)(=O)c1cccc(Nc2nc(C)nc(F)n2)c1. The first kappa shape index (κ1) is 15.3. The van der Waals surface area contributed by atoms with Crippen molar-refractivity contribution in [1.82, 2.24) is 15.0 Å². The van der Waals surface area contributed by atoms with Crippen molar-refractivity contribution in [1.29, 1.82) is 0 Å². The van der Waals surface area contributed by atoms with E-state index in [1.54, 1.807) is 19.1 Å². The van der Waals surface area contributed by atoms with E-state index in [1.807, 2.05) is 0 Å². The largest absolute Gasteiger partial charge is 0.324 e. The Morgan fingerprint density at radius 1 is 1.24 bits per heavy atom. The lowest BCUT2D eigenvalue weighted by molar-refractivity contribution is 0.529. The highest BCUT2D eigenvalue weighted by molar-refractivity contribution is 7.91. The molecular weight excluding hydrogens is 295 g/mol. The first-order valence-corrected chi connectivity index (χ1v) is 8.04. The molecule has 0 saturated heterocycles. The number of nitrogens with zero attached hydrogens (tertiary/aromatic N) is 3. The quantitative estimate of drug-likeness (QED) is 0.911. The van der Waals surface area contributed by atoms with E-state index in [1.165, 1.54) is 19.1 Å². The molecule has 1 heterocycles. The van der Waals surface area contributed by atoms with Gasteiger partial charge in [-0.1, -0.05) is 13.0 Å². The number of aryl methyl sites for hydroxylation is 1. The Hall–Kier alpha value is -2.09. The molecule has 0 spiro atoms. The first-order chi connectivity index (χ1) is 9.90. The van der Waals surface area contributed by atoms with Gasteiger partial charge in [-0.15, -0.1) is 0 Å². The van der Waals surface area contributed by atoms with Gasteiger partial charge in [-0.25, -0.2) is 8.42 Å². The van der Waals surface area contributed by atoms with Gasteiger partial charge in [-0.3, -0.25) is 0 Å². The van der Waals surface area contributed by atoms with E-state index in [-0.39, 0.29) is 22.4 Å². The highest BCUT2D eigenvalue weighted by Crippen LogP contribution is 2.19. The zero-order valence-corrected chi connectivity index (χ0v) is 12.5. The van der Waals surface area contributed by atoms with Gasteiger partial charge in [0.25, 0.3) is 0 Å². The Kier molecular flexibility index (Phi) is 4.46. The van der Waals surface area contributed by atoms with Crippen molar-refractivity contribution in [2.24, 2.45) is 0 Å². The maximum atomic E-state index is 13.1. The lowest BCUT2D eigenvalue weighted by atomic mass is 10.3. The number of sulfone groups is 1. The molecule has 0 aliphatic rings. The number of rotatable bonds is 5. The summed E-state index contributed by atoms with van der Waals surface area (Å²) in [6.07, 6.45) is -0.350. The average molecular weight is 310 g/mol. The van der Waals surface area contributed by atoms with Gasteiger partial charge in [-0.2, -0.15) is 19.3 Å². The number of nitrogens with one attached hydrogen (secondary N) is 1. The molecule has 0 radical (unpaired) electrons. The third-order valence-corrected chi connectivity index (χ3v) is 4.56. The van der Waals surface area contributed by atoms with Gasteiger partial charge >= 0.3 is 6.08 Å². The highest BCUT2D eigenvalue weighted by atomic mass is 32.2. The van der Waals surface area contributed by atoms with Gasteiger partial charge in [0.1, 0.15) is 5.82 Å². The van der Waals surface area contributed by atoms with Crippen LogP contribution in [0.25, 0.3) is 0 Å². The molecule has 0 aliphatic heterocycles. The zero-order valence-electron chi connectivity index (χ0n) is 11.7. The molecule has 21 heavy (non-hydrogen) atoms. The second-order valence-electron chi connectivity index (χ2n) is 4.45. The molecule has 0 bridgehead atoms. The Balaban J connectivity index is 2.30. The number of anilines is 2. The number of aromatic nitrogens is 3. The topological polar surface area (TPSA) is 84.8 Å². The van der Waals surface area contributed by atoms with Gasteiger partial charge in [0.05, 0.1) is 10.6 Å². The molecule has 6 nitrogen and oxygen atoms in total. The van der Waals surface area contributed by atoms with Crippen molar-refractivity contribution in [3.8, 4) is 0 Å². The van der Waals surface area contributed by atoms with Crippen molar-refractivity contribution < 1.29 is 12.8 Å². The van der Waals surface area contributed by atoms with E-state index < -0.39 is 15.9 Å². The molecule has 1 N–H and O–H groups in total. The van der Waals surface area contributed by atoms with E-state index in [0.717, 1.165) is 0 Å². The highest BCUT2D eigenvalue weighted by Gasteiger charge is 2.13. The summed E-state index contributed by atoms with van der Waals surface area (Å²) in [6, 6.07) is 6.26. The molecular formula is C13H15FN4O2S. The summed E-state index contributed by atoms with van der Waals surface area (Å²) in [5.74, 6) is 0.348. The van der Waals surface area contributed by atoms with Crippen LogP contribution in [0.2, 0.25) is 0 Å². The van der Waals surface area contributed by atoms with Gasteiger partial charge < -0.3 is 5.32 Å². The van der Waals surface area contributed by atoms with E-state index in [4.69, 9.17) is 0 Å². The standard InChI is InChI=1S/C13H15FN4O2S/c1-3-7-21(19,20)11-6-4-5-10(8-11)17-13-16-9(2)15-12(14)18-13/h4-6,8H,3,7H2,1-2H3,(H,15,16,17,18). The summed E-state index contributed by atoms with van der Waals surface area (Å²) in [6.45, 7) is 3.34. The Labute approximate surface area is 122 Å². The minimum absolute atomic E-state index is 0.0324. The molecule has 1 aromatic heterocycles. The summed E-state index contributed by atoms with van der Waals surface area (Å²) in [5, 5.41) is 2.77. The average Bonchev–Trinajstić information content (AvgIpc) is 2.37. The van der Waals surface area contributed by atoms with Crippen LogP contribution in [0.15, 0.2) is 29.2 Å². The molecule has 2 rings (SSSR count). The Morgan fingerprint density at radius 2 is 2.00 bits per heavy atom.